The van der Waals surface area contributed by atoms with Crippen LogP contribution in [0.3, 0.4) is 0 Å². The van der Waals surface area contributed by atoms with E-state index < -0.39 is 11.8 Å². The number of hydrogen-bond acceptors (Lipinski definition) is 6. The van der Waals surface area contributed by atoms with Gasteiger partial charge in [-0.1, -0.05) is 11.6 Å². The summed E-state index contributed by atoms with van der Waals surface area (Å²) >= 11 is 5.91. The third-order valence-corrected chi connectivity index (χ3v) is 5.72. The minimum atomic E-state index is -0.550. The Hall–Kier alpha value is -3.65. The van der Waals surface area contributed by atoms with E-state index in [4.69, 9.17) is 25.8 Å². The van der Waals surface area contributed by atoms with Gasteiger partial charge in [0.1, 0.15) is 5.82 Å². The molecule has 1 aromatic heterocycles. The maximum Gasteiger partial charge on any atom is 0.337 e. The number of benzene rings is 2. The van der Waals surface area contributed by atoms with E-state index in [1.807, 2.05) is 0 Å². The molecule has 182 valence electrons. The molecule has 3 aromatic rings. The first-order valence-electron chi connectivity index (χ1n) is 11.1. The number of ether oxygens (including phenoxy) is 3. The summed E-state index contributed by atoms with van der Waals surface area (Å²) in [6, 6.07) is 12.4. The van der Waals surface area contributed by atoms with E-state index in [1.54, 1.807) is 30.3 Å². The molecule has 2 aromatic carbocycles. The molecular weight excluding hydrogens is 475 g/mol. The summed E-state index contributed by atoms with van der Waals surface area (Å²) in [6.45, 7) is 0.267. The zero-order chi connectivity index (χ0) is 24.9. The molecule has 4 rings (SSSR count). The number of carbonyl (C=O) groups excluding carboxylic acids is 2. The Labute approximate surface area is 207 Å². The average Bonchev–Trinajstić information content (AvgIpc) is 3.69. The molecule has 35 heavy (non-hydrogen) atoms. The van der Waals surface area contributed by atoms with E-state index in [9.17, 15) is 14.0 Å². The molecule has 0 spiro atoms. The monoisotopic (exact) mass is 498 g/mol. The highest BCUT2D eigenvalue weighted by Gasteiger charge is 2.25. The van der Waals surface area contributed by atoms with Gasteiger partial charge in [-0.3, -0.25) is 9.78 Å². The summed E-state index contributed by atoms with van der Waals surface area (Å²) in [4.78, 5) is 29.4. The number of aromatic nitrogens is 1. The summed E-state index contributed by atoms with van der Waals surface area (Å²) in [5.41, 5.74) is 2.26. The van der Waals surface area contributed by atoms with Gasteiger partial charge >= 0.3 is 5.97 Å². The van der Waals surface area contributed by atoms with Crippen LogP contribution in [0.25, 0.3) is 11.3 Å². The number of carbonyl (C=O) groups is 2. The molecule has 0 atom stereocenters. The van der Waals surface area contributed by atoms with Crippen molar-refractivity contribution in [1.29, 1.82) is 0 Å². The molecule has 0 aliphatic heterocycles. The van der Waals surface area contributed by atoms with Crippen LogP contribution in [0.5, 0.6) is 11.5 Å². The number of rotatable bonds is 9. The van der Waals surface area contributed by atoms with Gasteiger partial charge in [-0.25, -0.2) is 9.18 Å². The summed E-state index contributed by atoms with van der Waals surface area (Å²) in [5, 5.41) is 2.80. The lowest BCUT2D eigenvalue weighted by Gasteiger charge is -2.12. The van der Waals surface area contributed by atoms with Gasteiger partial charge in [0.15, 0.2) is 11.5 Å². The maximum absolute atomic E-state index is 13.6. The summed E-state index contributed by atoms with van der Waals surface area (Å²) in [7, 11) is 2.81. The smallest absolute Gasteiger partial charge is 0.337 e. The van der Waals surface area contributed by atoms with Crippen molar-refractivity contribution >= 4 is 23.5 Å². The van der Waals surface area contributed by atoms with Crippen molar-refractivity contribution < 1.29 is 28.2 Å². The van der Waals surface area contributed by atoms with E-state index >= 15 is 0 Å². The number of methoxy groups -OCH3 is 2. The Morgan fingerprint density at radius 3 is 2.54 bits per heavy atom. The molecule has 1 amide bonds. The van der Waals surface area contributed by atoms with Crippen molar-refractivity contribution in [2.75, 3.05) is 20.8 Å². The second-order valence-corrected chi connectivity index (χ2v) is 8.45. The Balaban J connectivity index is 1.47. The van der Waals surface area contributed by atoms with Crippen molar-refractivity contribution in [2.24, 2.45) is 0 Å². The molecule has 1 fully saturated rings. The molecule has 0 saturated heterocycles. The van der Waals surface area contributed by atoms with Crippen molar-refractivity contribution in [3.63, 3.8) is 0 Å². The van der Waals surface area contributed by atoms with Crippen LogP contribution in [-0.2, 0) is 11.2 Å². The number of hydrogen-bond donors (Lipinski definition) is 1. The number of amides is 1. The van der Waals surface area contributed by atoms with E-state index in [0.717, 1.165) is 12.8 Å². The topological polar surface area (TPSA) is 86.8 Å². The van der Waals surface area contributed by atoms with E-state index in [2.05, 4.69) is 10.3 Å². The highest BCUT2D eigenvalue weighted by molar-refractivity contribution is 6.31. The zero-order valence-corrected chi connectivity index (χ0v) is 20.0. The molecule has 0 radical (unpaired) electrons. The molecule has 7 nitrogen and oxygen atoms in total. The second-order valence-electron chi connectivity index (χ2n) is 8.04. The number of nitrogens with zero attached hydrogens (tertiary/aromatic N) is 1. The fourth-order valence-corrected chi connectivity index (χ4v) is 3.61. The third-order valence-electron chi connectivity index (χ3n) is 5.43. The SMILES string of the molecule is COC(=O)c1cc(CCNC(=O)c2ccc(OC3CC3)c(OC)c2)nc(-c2ccc(F)c(Cl)c2)c1. The summed E-state index contributed by atoms with van der Waals surface area (Å²) in [5.74, 6) is -0.252. The van der Waals surface area contributed by atoms with Crippen LogP contribution in [0.4, 0.5) is 4.39 Å². The number of pyridine rings is 1. The number of nitrogens with one attached hydrogen (secondary N) is 1. The lowest BCUT2D eigenvalue weighted by Crippen LogP contribution is -2.26. The van der Waals surface area contributed by atoms with Crippen molar-refractivity contribution in [2.45, 2.75) is 25.4 Å². The van der Waals surface area contributed by atoms with Crippen LogP contribution in [0, 0.1) is 5.82 Å². The first-order chi connectivity index (χ1) is 16.9. The predicted molar refractivity (Wildman–Crippen MR) is 129 cm³/mol. The highest BCUT2D eigenvalue weighted by atomic mass is 35.5. The average molecular weight is 499 g/mol. The summed E-state index contributed by atoms with van der Waals surface area (Å²) in [6.07, 6.45) is 2.60. The standard InChI is InChI=1S/C26H24ClFN2O5/c1-33-24-14-16(4-8-23(24)35-19-5-6-19)25(31)29-10-9-18-11-17(26(32)34-2)13-22(30-18)15-3-7-21(28)20(27)12-15/h3-4,7-8,11-14,19H,5-6,9-10H2,1-2H3,(H,29,31). The normalized spacial score (nSPS) is 12.7. The maximum atomic E-state index is 13.6. The van der Waals surface area contributed by atoms with E-state index in [1.165, 1.54) is 32.4 Å². The van der Waals surface area contributed by atoms with E-state index in [-0.39, 0.29) is 29.1 Å². The summed E-state index contributed by atoms with van der Waals surface area (Å²) < 4.78 is 29.6. The van der Waals surface area contributed by atoms with Gasteiger partial charge < -0.3 is 19.5 Å². The van der Waals surface area contributed by atoms with Crippen LogP contribution in [0.15, 0.2) is 48.5 Å². The lowest BCUT2D eigenvalue weighted by atomic mass is 10.1. The lowest BCUT2D eigenvalue weighted by molar-refractivity contribution is 0.0600. The Bertz CT molecular complexity index is 1260. The van der Waals surface area contributed by atoms with Gasteiger partial charge in [0.05, 0.1) is 36.6 Å². The quantitative estimate of drug-likeness (QED) is 0.424. The molecule has 9 heteroatoms. The fraction of sp³-hybridized carbons (Fsp3) is 0.269. The molecule has 0 unspecified atom stereocenters. The van der Waals surface area contributed by atoms with Crippen molar-refractivity contribution in [3.05, 3.63) is 76.2 Å². The van der Waals surface area contributed by atoms with Gasteiger partial charge in [0, 0.05) is 29.8 Å². The number of halogens is 2. The minimum absolute atomic E-state index is 0.0504. The molecule has 0 bridgehead atoms. The Morgan fingerprint density at radius 1 is 1.06 bits per heavy atom. The first kappa shape index (κ1) is 24.5. The third kappa shape index (κ3) is 6.08. The minimum Gasteiger partial charge on any atom is -0.493 e. The Morgan fingerprint density at radius 2 is 1.86 bits per heavy atom. The van der Waals surface area contributed by atoms with Gasteiger partial charge in [-0.2, -0.15) is 0 Å². The van der Waals surface area contributed by atoms with Crippen molar-refractivity contribution in [3.8, 4) is 22.8 Å². The van der Waals surface area contributed by atoms with Crippen molar-refractivity contribution in [1.82, 2.24) is 10.3 Å². The van der Waals surface area contributed by atoms with E-state index in [0.29, 0.717) is 40.4 Å². The molecule has 1 saturated carbocycles. The van der Waals surface area contributed by atoms with Crippen LogP contribution in [0.2, 0.25) is 5.02 Å². The molecule has 1 aliphatic carbocycles. The fourth-order valence-electron chi connectivity index (χ4n) is 3.43. The van der Waals surface area contributed by atoms with Gasteiger partial charge in [-0.05, 0) is 61.4 Å². The molecule has 1 heterocycles. The first-order valence-corrected chi connectivity index (χ1v) is 11.4. The van der Waals surface area contributed by atoms with Crippen LogP contribution in [0.1, 0.15) is 39.3 Å². The molecule has 1 N–H and O–H groups in total. The van der Waals surface area contributed by atoms with Crippen LogP contribution in [-0.4, -0.2) is 43.7 Å². The van der Waals surface area contributed by atoms with Crippen LogP contribution >= 0.6 is 11.6 Å². The zero-order valence-electron chi connectivity index (χ0n) is 19.3. The molecular formula is C26H24ClFN2O5. The highest BCUT2D eigenvalue weighted by Crippen LogP contribution is 2.34. The van der Waals surface area contributed by atoms with Gasteiger partial charge in [0.2, 0.25) is 0 Å². The largest absolute Gasteiger partial charge is 0.493 e. The number of esters is 1. The predicted octanol–water partition coefficient (Wildman–Crippen LogP) is 4.85. The Kier molecular flexibility index (Phi) is 7.51. The van der Waals surface area contributed by atoms with Crippen LogP contribution < -0.4 is 14.8 Å². The van der Waals surface area contributed by atoms with Gasteiger partial charge in [-0.15, -0.1) is 0 Å². The second kappa shape index (κ2) is 10.7. The van der Waals surface area contributed by atoms with Gasteiger partial charge in [0.25, 0.3) is 5.91 Å². The molecule has 1 aliphatic rings.